The first-order valence-corrected chi connectivity index (χ1v) is 7.30. The molecule has 2 N–H and O–H groups in total. The fourth-order valence-electron chi connectivity index (χ4n) is 1.98. The van der Waals surface area contributed by atoms with Crippen molar-refractivity contribution in [3.05, 3.63) is 17.5 Å². The number of amides is 1. The molecule has 0 radical (unpaired) electrons. The summed E-state index contributed by atoms with van der Waals surface area (Å²) in [5.74, 6) is -0.778. The van der Waals surface area contributed by atoms with Crippen molar-refractivity contribution in [2.75, 3.05) is 6.54 Å². The zero-order valence-electron chi connectivity index (χ0n) is 13.1. The Balaban J connectivity index is 2.55. The molecular formula is C15H24N2O4. The lowest BCUT2D eigenvalue weighted by atomic mass is 9.90. The Labute approximate surface area is 124 Å². The van der Waals surface area contributed by atoms with E-state index in [0.29, 0.717) is 12.3 Å². The molecule has 1 rings (SSSR count). The predicted octanol–water partition coefficient (Wildman–Crippen LogP) is 2.81. The monoisotopic (exact) mass is 296 g/mol. The minimum Gasteiger partial charge on any atom is -0.481 e. The van der Waals surface area contributed by atoms with Crippen molar-refractivity contribution >= 4 is 11.9 Å². The van der Waals surface area contributed by atoms with Crippen molar-refractivity contribution in [1.82, 2.24) is 10.5 Å². The largest absolute Gasteiger partial charge is 0.481 e. The summed E-state index contributed by atoms with van der Waals surface area (Å²) in [4.78, 5) is 22.9. The molecule has 6 nitrogen and oxygen atoms in total. The van der Waals surface area contributed by atoms with Gasteiger partial charge in [0, 0.05) is 18.5 Å². The number of carbonyl (C=O) groups excluding carboxylic acids is 1. The van der Waals surface area contributed by atoms with Crippen LogP contribution in [0.3, 0.4) is 0 Å². The normalized spacial score (nSPS) is 11.7. The van der Waals surface area contributed by atoms with Gasteiger partial charge in [0.15, 0.2) is 0 Å². The summed E-state index contributed by atoms with van der Waals surface area (Å²) in [5, 5.41) is 15.6. The number of carboxylic acids is 1. The molecule has 0 aliphatic rings. The lowest BCUT2D eigenvalue weighted by Crippen LogP contribution is -2.31. The fraction of sp³-hybridized carbons (Fsp3) is 0.667. The molecule has 0 aliphatic carbocycles. The van der Waals surface area contributed by atoms with E-state index < -0.39 is 11.4 Å². The lowest BCUT2D eigenvalue weighted by Gasteiger charge is -2.18. The molecule has 0 saturated heterocycles. The van der Waals surface area contributed by atoms with Gasteiger partial charge < -0.3 is 14.9 Å². The van der Waals surface area contributed by atoms with Gasteiger partial charge in [0.1, 0.15) is 0 Å². The predicted molar refractivity (Wildman–Crippen MR) is 78.2 cm³/mol. The molecule has 1 amide bonds. The molecule has 1 aromatic rings. The maximum Gasteiger partial charge on any atom is 0.309 e. The first-order chi connectivity index (χ1) is 9.81. The molecule has 118 valence electrons. The van der Waals surface area contributed by atoms with Gasteiger partial charge in [-0.15, -0.1) is 0 Å². The summed E-state index contributed by atoms with van der Waals surface area (Å²) in [7, 11) is 0. The van der Waals surface area contributed by atoms with E-state index in [9.17, 15) is 9.59 Å². The zero-order chi connectivity index (χ0) is 16.0. The molecule has 21 heavy (non-hydrogen) atoms. The molecule has 6 heteroatoms. The van der Waals surface area contributed by atoms with E-state index >= 15 is 0 Å². The van der Waals surface area contributed by atoms with Crippen LogP contribution in [-0.4, -0.2) is 28.7 Å². The van der Waals surface area contributed by atoms with Gasteiger partial charge in [0.25, 0.3) is 5.91 Å². The van der Waals surface area contributed by atoms with Crippen molar-refractivity contribution in [3.63, 3.8) is 0 Å². The SMILES string of the molecule is CCC(CC)c1cc(C(=O)NCCC(C)(C)C(=O)O)on1. The third kappa shape index (κ3) is 4.58. The molecule has 0 fully saturated rings. The first kappa shape index (κ1) is 17.2. The molecule has 0 aliphatic heterocycles. The highest BCUT2D eigenvalue weighted by Crippen LogP contribution is 2.22. The van der Waals surface area contributed by atoms with Crippen LogP contribution in [0.1, 0.15) is 69.1 Å². The maximum atomic E-state index is 11.9. The number of carbonyl (C=O) groups is 2. The van der Waals surface area contributed by atoms with Gasteiger partial charge in [-0.1, -0.05) is 19.0 Å². The smallest absolute Gasteiger partial charge is 0.309 e. The quantitative estimate of drug-likeness (QED) is 0.769. The van der Waals surface area contributed by atoms with E-state index in [0.717, 1.165) is 18.5 Å². The molecule has 0 bridgehead atoms. The molecule has 0 aromatic carbocycles. The lowest BCUT2D eigenvalue weighted by molar-refractivity contribution is -0.147. The van der Waals surface area contributed by atoms with Gasteiger partial charge in [-0.3, -0.25) is 9.59 Å². The second-order valence-corrected chi connectivity index (χ2v) is 5.82. The number of hydrogen-bond acceptors (Lipinski definition) is 4. The van der Waals surface area contributed by atoms with E-state index in [2.05, 4.69) is 24.3 Å². The fourth-order valence-corrected chi connectivity index (χ4v) is 1.98. The van der Waals surface area contributed by atoms with Crippen LogP contribution in [0, 0.1) is 5.41 Å². The number of hydrogen-bond donors (Lipinski definition) is 2. The number of nitrogens with zero attached hydrogens (tertiary/aromatic N) is 1. The third-order valence-electron chi connectivity index (χ3n) is 3.77. The Hall–Kier alpha value is -1.85. The van der Waals surface area contributed by atoms with Crippen LogP contribution in [-0.2, 0) is 4.79 Å². The minimum absolute atomic E-state index is 0.171. The van der Waals surface area contributed by atoms with Crippen molar-refractivity contribution < 1.29 is 19.2 Å². The summed E-state index contributed by atoms with van der Waals surface area (Å²) in [6.07, 6.45) is 2.23. The third-order valence-corrected chi connectivity index (χ3v) is 3.77. The van der Waals surface area contributed by atoms with E-state index in [1.165, 1.54) is 0 Å². The Bertz CT molecular complexity index is 490. The maximum absolute atomic E-state index is 11.9. The molecule has 0 saturated carbocycles. The summed E-state index contributed by atoms with van der Waals surface area (Å²) < 4.78 is 5.06. The first-order valence-electron chi connectivity index (χ1n) is 7.30. The Morgan fingerprint density at radius 2 is 2.00 bits per heavy atom. The molecule has 1 aromatic heterocycles. The summed E-state index contributed by atoms with van der Waals surface area (Å²) in [5.41, 5.74) is -0.0777. The highest BCUT2D eigenvalue weighted by Gasteiger charge is 2.27. The standard InChI is InChI=1S/C15H24N2O4/c1-5-10(6-2)11-9-12(21-17-11)13(18)16-8-7-15(3,4)14(19)20/h9-10H,5-8H2,1-4H3,(H,16,18)(H,19,20). The van der Waals surface area contributed by atoms with Crippen LogP contribution < -0.4 is 5.32 Å². The van der Waals surface area contributed by atoms with Crippen molar-refractivity contribution in [2.24, 2.45) is 5.41 Å². The second kappa shape index (κ2) is 7.24. The highest BCUT2D eigenvalue weighted by atomic mass is 16.5. The van der Waals surface area contributed by atoms with Gasteiger partial charge in [-0.2, -0.15) is 0 Å². The average molecular weight is 296 g/mol. The minimum atomic E-state index is -0.882. The molecule has 0 spiro atoms. The van der Waals surface area contributed by atoms with Gasteiger partial charge in [-0.05, 0) is 33.1 Å². The van der Waals surface area contributed by atoms with E-state index in [4.69, 9.17) is 9.63 Å². The molecule has 1 heterocycles. The van der Waals surface area contributed by atoms with Crippen molar-refractivity contribution in [3.8, 4) is 0 Å². The number of aliphatic carboxylic acids is 1. The van der Waals surface area contributed by atoms with Crippen molar-refractivity contribution in [1.29, 1.82) is 0 Å². The van der Waals surface area contributed by atoms with Crippen LogP contribution >= 0.6 is 0 Å². The van der Waals surface area contributed by atoms with Crippen LogP contribution in [0.4, 0.5) is 0 Å². The molecule has 0 unspecified atom stereocenters. The summed E-state index contributed by atoms with van der Waals surface area (Å²) in [6, 6.07) is 1.66. The van der Waals surface area contributed by atoms with E-state index in [1.807, 2.05) is 0 Å². The molecule has 0 atom stereocenters. The highest BCUT2D eigenvalue weighted by molar-refractivity contribution is 5.91. The Morgan fingerprint density at radius 1 is 1.38 bits per heavy atom. The van der Waals surface area contributed by atoms with Crippen LogP contribution in [0.2, 0.25) is 0 Å². The van der Waals surface area contributed by atoms with Crippen LogP contribution in [0.15, 0.2) is 10.6 Å². The molecular weight excluding hydrogens is 272 g/mol. The van der Waals surface area contributed by atoms with Crippen LogP contribution in [0.5, 0.6) is 0 Å². The van der Waals surface area contributed by atoms with Gasteiger partial charge in [-0.25, -0.2) is 0 Å². The van der Waals surface area contributed by atoms with E-state index in [-0.39, 0.29) is 18.2 Å². The number of nitrogens with one attached hydrogen (secondary N) is 1. The Morgan fingerprint density at radius 3 is 2.52 bits per heavy atom. The van der Waals surface area contributed by atoms with Crippen molar-refractivity contribution in [2.45, 2.75) is 52.9 Å². The summed E-state index contributed by atoms with van der Waals surface area (Å²) >= 11 is 0. The van der Waals surface area contributed by atoms with Gasteiger partial charge in [0.2, 0.25) is 5.76 Å². The van der Waals surface area contributed by atoms with Crippen LogP contribution in [0.25, 0.3) is 0 Å². The van der Waals surface area contributed by atoms with Gasteiger partial charge >= 0.3 is 5.97 Å². The summed E-state index contributed by atoms with van der Waals surface area (Å²) in [6.45, 7) is 7.66. The van der Waals surface area contributed by atoms with Gasteiger partial charge in [0.05, 0.1) is 11.1 Å². The Kier molecular flexibility index (Phi) is 5.93. The average Bonchev–Trinajstić information content (AvgIpc) is 2.89. The van der Waals surface area contributed by atoms with E-state index in [1.54, 1.807) is 19.9 Å². The second-order valence-electron chi connectivity index (χ2n) is 5.82. The zero-order valence-corrected chi connectivity index (χ0v) is 13.1. The number of rotatable bonds is 8. The topological polar surface area (TPSA) is 92.4 Å². The number of carboxylic acid groups (broad SMARTS) is 1. The number of aromatic nitrogens is 1.